The minimum Gasteiger partial charge on any atom is -0.454 e. The Morgan fingerprint density at radius 1 is 1.14 bits per heavy atom. The molecule has 0 saturated heterocycles. The van der Waals surface area contributed by atoms with Crippen LogP contribution in [0.3, 0.4) is 0 Å². The van der Waals surface area contributed by atoms with Crippen LogP contribution in [0.5, 0.6) is 0 Å². The Morgan fingerprint density at radius 2 is 1.79 bits per heavy atom. The molecule has 7 nitrogen and oxygen atoms in total. The summed E-state index contributed by atoms with van der Waals surface area (Å²) in [6.07, 6.45) is 2.98. The molecule has 1 atom stereocenters. The van der Waals surface area contributed by atoms with E-state index in [-0.39, 0.29) is 12.5 Å². The van der Waals surface area contributed by atoms with E-state index >= 15 is 0 Å². The standard InChI is InChI=1S/C21H20N2O5S/c1-16(23-29(25,26)13-12-17-8-4-2-5-9-17)21(24)27-15-20-22-14-19(28-20)18-10-6-3-7-11-18/h2-14,16,23H,15H2,1H3/b13-12+/t16-/m0/s1. The van der Waals surface area contributed by atoms with Crippen LogP contribution in [0.15, 0.2) is 76.7 Å². The van der Waals surface area contributed by atoms with Gasteiger partial charge in [0.05, 0.1) is 6.20 Å². The van der Waals surface area contributed by atoms with Crippen molar-refractivity contribution in [2.24, 2.45) is 0 Å². The zero-order chi connectivity index (χ0) is 20.7. The number of carbonyl (C=O) groups is 1. The number of nitrogens with one attached hydrogen (secondary N) is 1. The van der Waals surface area contributed by atoms with Crippen molar-refractivity contribution in [3.63, 3.8) is 0 Å². The molecular formula is C21H20N2O5S. The van der Waals surface area contributed by atoms with Crippen molar-refractivity contribution in [3.8, 4) is 11.3 Å². The van der Waals surface area contributed by atoms with Crippen molar-refractivity contribution in [3.05, 3.63) is 83.7 Å². The topological polar surface area (TPSA) is 98.5 Å². The van der Waals surface area contributed by atoms with E-state index in [0.717, 1.165) is 16.5 Å². The number of aromatic nitrogens is 1. The molecule has 3 rings (SSSR count). The summed E-state index contributed by atoms with van der Waals surface area (Å²) in [5.74, 6) is 0.0360. The molecule has 0 aliphatic heterocycles. The summed E-state index contributed by atoms with van der Waals surface area (Å²) in [6, 6.07) is 17.3. The summed E-state index contributed by atoms with van der Waals surface area (Å²) in [7, 11) is -3.81. The van der Waals surface area contributed by atoms with Gasteiger partial charge in [0.2, 0.25) is 15.9 Å². The number of sulfonamides is 1. The summed E-state index contributed by atoms with van der Waals surface area (Å²) < 4.78 is 37.1. The van der Waals surface area contributed by atoms with Gasteiger partial charge in [-0.3, -0.25) is 4.79 Å². The molecule has 150 valence electrons. The Morgan fingerprint density at radius 3 is 2.48 bits per heavy atom. The van der Waals surface area contributed by atoms with Gasteiger partial charge in [-0.05, 0) is 18.6 Å². The van der Waals surface area contributed by atoms with Crippen LogP contribution in [0, 0.1) is 0 Å². The number of oxazole rings is 1. The van der Waals surface area contributed by atoms with Gasteiger partial charge in [-0.1, -0.05) is 60.7 Å². The van der Waals surface area contributed by atoms with E-state index in [1.807, 2.05) is 36.4 Å². The molecule has 0 saturated carbocycles. The second-order valence-electron chi connectivity index (χ2n) is 6.19. The Kier molecular flexibility index (Phi) is 6.58. The van der Waals surface area contributed by atoms with E-state index in [1.54, 1.807) is 30.5 Å². The summed E-state index contributed by atoms with van der Waals surface area (Å²) in [6.45, 7) is 1.21. The Labute approximate surface area is 169 Å². The van der Waals surface area contributed by atoms with Crippen molar-refractivity contribution < 1.29 is 22.4 Å². The first-order chi connectivity index (χ1) is 13.9. The zero-order valence-corrected chi connectivity index (χ0v) is 16.5. The third kappa shape index (κ3) is 6.13. The van der Waals surface area contributed by atoms with Crippen molar-refractivity contribution in [2.75, 3.05) is 0 Å². The number of hydrogen-bond donors (Lipinski definition) is 1. The first kappa shape index (κ1) is 20.5. The Bertz CT molecular complexity index is 1080. The highest BCUT2D eigenvalue weighted by molar-refractivity contribution is 7.92. The number of carbonyl (C=O) groups excluding carboxylic acids is 1. The van der Waals surface area contributed by atoms with Crippen LogP contribution in [0.4, 0.5) is 0 Å². The van der Waals surface area contributed by atoms with E-state index in [9.17, 15) is 13.2 Å². The molecule has 0 fully saturated rings. The maximum absolute atomic E-state index is 12.1. The van der Waals surface area contributed by atoms with E-state index in [0.29, 0.717) is 5.76 Å². The van der Waals surface area contributed by atoms with E-state index in [4.69, 9.17) is 9.15 Å². The molecule has 8 heteroatoms. The molecule has 0 bridgehead atoms. The fourth-order valence-electron chi connectivity index (χ4n) is 2.44. The molecule has 3 aromatic rings. The SMILES string of the molecule is C[C@H](NS(=O)(=O)/C=C/c1ccccc1)C(=O)OCc1ncc(-c2ccccc2)o1. The molecule has 0 spiro atoms. The minimum absolute atomic E-state index is 0.197. The maximum atomic E-state index is 12.1. The van der Waals surface area contributed by atoms with Crippen LogP contribution < -0.4 is 4.72 Å². The number of nitrogens with zero attached hydrogens (tertiary/aromatic N) is 1. The van der Waals surface area contributed by atoms with Gasteiger partial charge in [-0.15, -0.1) is 0 Å². The van der Waals surface area contributed by atoms with E-state index < -0.39 is 22.0 Å². The van der Waals surface area contributed by atoms with Gasteiger partial charge in [0.1, 0.15) is 6.04 Å². The molecule has 0 radical (unpaired) electrons. The van der Waals surface area contributed by atoms with Crippen molar-refractivity contribution in [1.29, 1.82) is 0 Å². The lowest BCUT2D eigenvalue weighted by Crippen LogP contribution is -2.38. The van der Waals surface area contributed by atoms with Gasteiger partial charge in [-0.2, -0.15) is 4.72 Å². The van der Waals surface area contributed by atoms with Crippen LogP contribution in [-0.2, 0) is 26.2 Å². The van der Waals surface area contributed by atoms with E-state index in [2.05, 4.69) is 9.71 Å². The van der Waals surface area contributed by atoms with Crippen molar-refractivity contribution in [2.45, 2.75) is 19.6 Å². The lowest BCUT2D eigenvalue weighted by Gasteiger charge is -2.11. The molecule has 1 N–H and O–H groups in total. The third-order valence-electron chi connectivity index (χ3n) is 3.88. The minimum atomic E-state index is -3.81. The van der Waals surface area contributed by atoms with Gasteiger partial charge in [0.15, 0.2) is 12.4 Å². The summed E-state index contributed by atoms with van der Waals surface area (Å²) in [4.78, 5) is 16.2. The molecule has 0 unspecified atom stereocenters. The number of esters is 1. The van der Waals surface area contributed by atoms with Gasteiger partial charge in [-0.25, -0.2) is 13.4 Å². The van der Waals surface area contributed by atoms with Gasteiger partial charge in [0, 0.05) is 11.0 Å². The quantitative estimate of drug-likeness (QED) is 0.570. The van der Waals surface area contributed by atoms with Crippen LogP contribution in [0.2, 0.25) is 0 Å². The molecule has 1 aromatic heterocycles. The van der Waals surface area contributed by atoms with Gasteiger partial charge in [0.25, 0.3) is 0 Å². The highest BCUT2D eigenvalue weighted by Crippen LogP contribution is 2.20. The predicted octanol–water partition coefficient (Wildman–Crippen LogP) is 3.36. The maximum Gasteiger partial charge on any atom is 0.324 e. The summed E-state index contributed by atoms with van der Waals surface area (Å²) >= 11 is 0. The zero-order valence-electron chi connectivity index (χ0n) is 15.7. The number of rotatable bonds is 8. The van der Waals surface area contributed by atoms with Gasteiger partial charge >= 0.3 is 5.97 Å². The Hall–Kier alpha value is -3.23. The number of hydrogen-bond acceptors (Lipinski definition) is 6. The molecule has 0 aliphatic carbocycles. The first-order valence-corrected chi connectivity index (χ1v) is 10.4. The van der Waals surface area contributed by atoms with E-state index in [1.165, 1.54) is 13.0 Å². The fourth-order valence-corrected chi connectivity index (χ4v) is 3.44. The molecule has 2 aromatic carbocycles. The fraction of sp³-hybridized carbons (Fsp3) is 0.143. The second kappa shape index (κ2) is 9.31. The second-order valence-corrected chi connectivity index (χ2v) is 7.79. The Balaban J connectivity index is 1.53. The highest BCUT2D eigenvalue weighted by atomic mass is 32.2. The lowest BCUT2D eigenvalue weighted by atomic mass is 10.2. The molecule has 0 aliphatic rings. The third-order valence-corrected chi connectivity index (χ3v) is 5.06. The van der Waals surface area contributed by atoms with Crippen molar-refractivity contribution >= 4 is 22.1 Å². The number of ether oxygens (including phenoxy) is 1. The van der Waals surface area contributed by atoms with Crippen LogP contribution in [-0.4, -0.2) is 25.4 Å². The average Bonchev–Trinajstić information content (AvgIpc) is 3.21. The largest absolute Gasteiger partial charge is 0.454 e. The number of benzene rings is 2. The monoisotopic (exact) mass is 412 g/mol. The molecular weight excluding hydrogens is 392 g/mol. The summed E-state index contributed by atoms with van der Waals surface area (Å²) in [5, 5.41) is 1.01. The smallest absolute Gasteiger partial charge is 0.324 e. The van der Waals surface area contributed by atoms with Gasteiger partial charge < -0.3 is 9.15 Å². The molecule has 29 heavy (non-hydrogen) atoms. The predicted molar refractivity (Wildman–Crippen MR) is 109 cm³/mol. The average molecular weight is 412 g/mol. The van der Waals surface area contributed by atoms with Crippen LogP contribution in [0.1, 0.15) is 18.4 Å². The van der Waals surface area contributed by atoms with Crippen LogP contribution >= 0.6 is 0 Å². The van der Waals surface area contributed by atoms with Crippen LogP contribution in [0.25, 0.3) is 17.4 Å². The summed E-state index contributed by atoms with van der Waals surface area (Å²) in [5.41, 5.74) is 1.58. The molecule has 1 heterocycles. The normalized spacial score (nSPS) is 12.7. The van der Waals surface area contributed by atoms with Crippen molar-refractivity contribution in [1.82, 2.24) is 9.71 Å². The first-order valence-electron chi connectivity index (χ1n) is 8.85. The lowest BCUT2D eigenvalue weighted by molar-refractivity contribution is -0.147. The highest BCUT2D eigenvalue weighted by Gasteiger charge is 2.20. The molecule has 0 amide bonds.